The van der Waals surface area contributed by atoms with E-state index in [1.165, 1.54) is 18.3 Å². The summed E-state index contributed by atoms with van der Waals surface area (Å²) in [5.41, 5.74) is -0.215. The Kier molecular flexibility index (Phi) is 8.29. The van der Waals surface area contributed by atoms with Gasteiger partial charge in [-0.2, -0.15) is 9.97 Å². The molecule has 2 aliphatic rings. The highest BCUT2D eigenvalue weighted by atomic mass is 35.5. The number of piperazine rings is 1. The lowest BCUT2D eigenvalue weighted by Gasteiger charge is -2.39. The van der Waals surface area contributed by atoms with Gasteiger partial charge in [0.2, 0.25) is 12.5 Å². The number of likely N-dealkylation sites (N-methyl/N-ethyl adjacent to an activating group) is 1. The van der Waals surface area contributed by atoms with Crippen LogP contribution in [0.5, 0.6) is 6.01 Å². The fourth-order valence-corrected chi connectivity index (χ4v) is 6.45. The van der Waals surface area contributed by atoms with Crippen molar-refractivity contribution >= 4 is 45.0 Å². The number of halogens is 3. The first kappa shape index (κ1) is 29.7. The molecule has 0 radical (unpaired) electrons. The van der Waals surface area contributed by atoms with E-state index in [2.05, 4.69) is 31.3 Å². The van der Waals surface area contributed by atoms with E-state index in [1.54, 1.807) is 29.3 Å². The molecule has 0 N–H and O–H groups in total. The van der Waals surface area contributed by atoms with Gasteiger partial charge < -0.3 is 24.3 Å². The number of amides is 1. The van der Waals surface area contributed by atoms with E-state index in [0.29, 0.717) is 28.9 Å². The predicted octanol–water partition coefficient (Wildman–Crippen LogP) is 5.37. The Hall–Kier alpha value is -4.40. The third-order valence-electron chi connectivity index (χ3n) is 8.46. The van der Waals surface area contributed by atoms with E-state index in [1.807, 2.05) is 11.9 Å². The quantitative estimate of drug-likeness (QED) is 0.204. The zero-order valence-corrected chi connectivity index (χ0v) is 24.9. The number of nitrogens with zero attached hydrogens (tertiary/aromatic N) is 7. The molecule has 0 spiro atoms. The first-order chi connectivity index (χ1) is 21.3. The van der Waals surface area contributed by atoms with E-state index >= 15 is 8.78 Å². The maximum atomic E-state index is 16.6. The molecule has 12 heteroatoms. The van der Waals surface area contributed by atoms with Crippen molar-refractivity contribution in [2.75, 3.05) is 51.3 Å². The van der Waals surface area contributed by atoms with Gasteiger partial charge in [-0.05, 0) is 44.6 Å². The third kappa shape index (κ3) is 5.40. The minimum atomic E-state index is -0.890. The molecule has 0 aliphatic carbocycles. The monoisotopic (exact) mass is 617 g/mol. The van der Waals surface area contributed by atoms with Crippen LogP contribution in [0.2, 0.25) is 5.02 Å². The standard InChI is InChI=1S/C32H30ClF2N7O2/c1-4-26(43)42-12-11-41(17-21(42)15-36-2)31-22-13-25(34)28(23-16-37-14-19-7-5-9-24(33)27(19)23)29(35)30(22)38-32(39-31)44-18-20-8-6-10-40(20)3/h4-5,7,9,13-14,16,20-21H,1,6,8,10-12,15,17-18H2,3H3/t20-,21-/m0/s1. The summed E-state index contributed by atoms with van der Waals surface area (Å²) in [6.45, 7) is 13.1. The molecule has 2 aliphatic heterocycles. The Morgan fingerprint density at radius 3 is 2.82 bits per heavy atom. The van der Waals surface area contributed by atoms with Gasteiger partial charge in [0, 0.05) is 64.8 Å². The zero-order valence-electron chi connectivity index (χ0n) is 24.1. The summed E-state index contributed by atoms with van der Waals surface area (Å²) in [5.74, 6) is -1.73. The topological polar surface area (TPSA) is 79.1 Å². The van der Waals surface area contributed by atoms with Gasteiger partial charge in [0.05, 0.1) is 5.56 Å². The summed E-state index contributed by atoms with van der Waals surface area (Å²) in [6.07, 6.45) is 6.20. The van der Waals surface area contributed by atoms with Crippen molar-refractivity contribution in [3.8, 4) is 17.1 Å². The Balaban J connectivity index is 1.49. The van der Waals surface area contributed by atoms with Crippen LogP contribution in [-0.4, -0.2) is 89.1 Å². The van der Waals surface area contributed by atoms with Gasteiger partial charge in [-0.3, -0.25) is 9.78 Å². The summed E-state index contributed by atoms with van der Waals surface area (Å²) in [4.78, 5) is 34.9. The molecular weight excluding hydrogens is 588 g/mol. The molecule has 226 valence electrons. The lowest BCUT2D eigenvalue weighted by Crippen LogP contribution is -2.56. The minimum absolute atomic E-state index is 0.0374. The molecule has 2 aromatic carbocycles. The van der Waals surface area contributed by atoms with Gasteiger partial charge in [-0.1, -0.05) is 30.3 Å². The number of fused-ring (bicyclic) bond motifs is 2. The first-order valence-electron chi connectivity index (χ1n) is 14.4. The lowest BCUT2D eigenvalue weighted by molar-refractivity contribution is -0.128. The van der Waals surface area contributed by atoms with Crippen molar-refractivity contribution in [2.24, 2.45) is 0 Å². The highest BCUT2D eigenvalue weighted by Crippen LogP contribution is 2.40. The fourth-order valence-electron chi connectivity index (χ4n) is 6.17. The second-order valence-corrected chi connectivity index (χ2v) is 11.5. The molecule has 0 bridgehead atoms. The van der Waals surface area contributed by atoms with Gasteiger partial charge in [-0.15, -0.1) is 0 Å². The lowest BCUT2D eigenvalue weighted by atomic mass is 9.98. The Bertz CT molecular complexity index is 1810. The number of carbonyl (C=O) groups is 1. The molecule has 2 fully saturated rings. The van der Waals surface area contributed by atoms with Gasteiger partial charge in [-0.25, -0.2) is 15.4 Å². The maximum absolute atomic E-state index is 16.6. The fraction of sp³-hybridized carbons (Fsp3) is 0.344. The van der Waals surface area contributed by atoms with Crippen molar-refractivity contribution in [1.82, 2.24) is 24.8 Å². The van der Waals surface area contributed by atoms with Crippen LogP contribution in [0.15, 0.2) is 49.3 Å². The van der Waals surface area contributed by atoms with Crippen molar-refractivity contribution in [2.45, 2.75) is 24.9 Å². The SMILES string of the molecule is [C-]#[N+]C[C@H]1CN(c2nc(OC[C@@H]3CCCN3C)nc3c(F)c(-c4cncc5cccc(Cl)c45)c(F)cc23)CCN1C(=O)C=C. The molecule has 44 heavy (non-hydrogen) atoms. The highest BCUT2D eigenvalue weighted by molar-refractivity contribution is 6.36. The smallest absolute Gasteiger partial charge is 0.319 e. The molecule has 6 rings (SSSR count). The summed E-state index contributed by atoms with van der Waals surface area (Å²) in [6, 6.07) is 6.06. The largest absolute Gasteiger partial charge is 0.462 e. The van der Waals surface area contributed by atoms with Crippen LogP contribution < -0.4 is 9.64 Å². The minimum Gasteiger partial charge on any atom is -0.462 e. The summed E-state index contributed by atoms with van der Waals surface area (Å²) >= 11 is 6.50. The number of hydrogen-bond acceptors (Lipinski definition) is 7. The number of hydrogen-bond donors (Lipinski definition) is 0. The number of carbonyl (C=O) groups excluding carboxylic acids is 1. The van der Waals surface area contributed by atoms with Crippen LogP contribution >= 0.6 is 11.6 Å². The second kappa shape index (κ2) is 12.3. The van der Waals surface area contributed by atoms with E-state index in [9.17, 15) is 4.79 Å². The molecule has 0 unspecified atom stereocenters. The van der Waals surface area contributed by atoms with E-state index in [4.69, 9.17) is 22.9 Å². The molecule has 2 saturated heterocycles. The zero-order chi connectivity index (χ0) is 31.0. The van der Waals surface area contributed by atoms with Crippen molar-refractivity contribution in [3.63, 3.8) is 0 Å². The van der Waals surface area contributed by atoms with Gasteiger partial charge in [0.15, 0.2) is 5.82 Å². The number of rotatable bonds is 7. The average molecular weight is 618 g/mol. The third-order valence-corrected chi connectivity index (χ3v) is 8.78. The van der Waals surface area contributed by atoms with Crippen molar-refractivity contribution in [3.05, 3.63) is 77.4 Å². The van der Waals surface area contributed by atoms with Crippen LogP contribution in [-0.2, 0) is 4.79 Å². The number of pyridine rings is 1. The number of anilines is 1. The highest BCUT2D eigenvalue weighted by Gasteiger charge is 2.34. The van der Waals surface area contributed by atoms with Gasteiger partial charge in [0.25, 0.3) is 0 Å². The Morgan fingerprint density at radius 2 is 2.07 bits per heavy atom. The summed E-state index contributed by atoms with van der Waals surface area (Å²) < 4.78 is 38.7. The predicted molar refractivity (Wildman–Crippen MR) is 166 cm³/mol. The molecule has 1 amide bonds. The molecular formula is C32H30ClF2N7O2. The van der Waals surface area contributed by atoms with E-state index in [0.717, 1.165) is 19.4 Å². The van der Waals surface area contributed by atoms with Gasteiger partial charge in [0.1, 0.15) is 29.8 Å². The second-order valence-electron chi connectivity index (χ2n) is 11.1. The normalized spacial score (nSPS) is 19.0. The van der Waals surface area contributed by atoms with Crippen molar-refractivity contribution < 1.29 is 18.3 Å². The molecule has 0 saturated carbocycles. The van der Waals surface area contributed by atoms with E-state index < -0.39 is 17.7 Å². The van der Waals surface area contributed by atoms with Crippen LogP contribution in [0.25, 0.3) is 37.6 Å². The molecule has 2 aromatic heterocycles. The molecule has 9 nitrogen and oxygen atoms in total. The number of aromatic nitrogens is 3. The average Bonchev–Trinajstić information content (AvgIpc) is 3.44. The van der Waals surface area contributed by atoms with Crippen LogP contribution in [0.1, 0.15) is 12.8 Å². The summed E-state index contributed by atoms with van der Waals surface area (Å²) in [7, 11) is 2.02. The first-order valence-corrected chi connectivity index (χ1v) is 14.7. The Morgan fingerprint density at radius 1 is 1.23 bits per heavy atom. The number of likely N-dealkylation sites (tertiary alicyclic amines) is 1. The number of benzene rings is 2. The van der Waals surface area contributed by atoms with Crippen LogP contribution in [0.4, 0.5) is 14.6 Å². The van der Waals surface area contributed by atoms with Crippen molar-refractivity contribution in [1.29, 1.82) is 0 Å². The maximum Gasteiger partial charge on any atom is 0.319 e. The molecule has 4 heterocycles. The van der Waals surface area contributed by atoms with Crippen LogP contribution in [0, 0.1) is 18.2 Å². The van der Waals surface area contributed by atoms with Gasteiger partial charge >= 0.3 is 6.01 Å². The molecule has 2 atom stereocenters. The molecule has 4 aromatic rings. The number of ether oxygens (including phenoxy) is 1. The van der Waals surface area contributed by atoms with E-state index in [-0.39, 0.29) is 65.4 Å². The van der Waals surface area contributed by atoms with Crippen LogP contribution in [0.3, 0.4) is 0 Å². The summed E-state index contributed by atoms with van der Waals surface area (Å²) in [5, 5.41) is 1.60. The Labute approximate surface area is 258 Å².